The molecule has 0 radical (unpaired) electrons. The summed E-state index contributed by atoms with van der Waals surface area (Å²) in [5.74, 6) is 1.65. The van der Waals surface area contributed by atoms with E-state index in [4.69, 9.17) is 15.2 Å². The van der Waals surface area contributed by atoms with E-state index in [9.17, 15) is 0 Å². The van der Waals surface area contributed by atoms with Crippen molar-refractivity contribution < 1.29 is 9.47 Å². The Balaban J connectivity index is 1.82. The van der Waals surface area contributed by atoms with Crippen LogP contribution in [0.1, 0.15) is 24.0 Å². The van der Waals surface area contributed by atoms with Crippen LogP contribution in [0.2, 0.25) is 0 Å². The molecule has 4 heteroatoms. The third-order valence-corrected chi connectivity index (χ3v) is 4.86. The zero-order chi connectivity index (χ0) is 17.2. The third kappa shape index (κ3) is 2.98. The first kappa shape index (κ1) is 16.0. The first-order chi connectivity index (χ1) is 12.3. The smallest absolute Gasteiger partial charge is 0.162 e. The maximum atomic E-state index is 5.77. The molecular formula is C21H24N2O2. The summed E-state index contributed by atoms with van der Waals surface area (Å²) >= 11 is 0. The minimum absolute atomic E-state index is 0.603. The zero-order valence-corrected chi connectivity index (χ0v) is 14.6. The summed E-state index contributed by atoms with van der Waals surface area (Å²) in [6.45, 7) is 4.10. The Morgan fingerprint density at radius 2 is 1.88 bits per heavy atom. The van der Waals surface area contributed by atoms with Gasteiger partial charge in [-0.3, -0.25) is 0 Å². The molecule has 0 spiro atoms. The quantitative estimate of drug-likeness (QED) is 0.687. The normalized spacial score (nSPS) is 13.4. The first-order valence-corrected chi connectivity index (χ1v) is 8.98. The third-order valence-electron chi connectivity index (χ3n) is 4.86. The standard InChI is InChI=1S/C21H24N2O2/c1-14-5-4-7-16-17(6-2-3-10-22)21(23-20(14)16)15-8-9-18-19(13-15)25-12-11-24-18/h4-5,7-9,13,23H,2-3,6,10-12,22H2,1H3. The molecule has 1 aromatic heterocycles. The molecule has 0 aliphatic carbocycles. The number of rotatable bonds is 5. The second-order valence-corrected chi connectivity index (χ2v) is 6.58. The zero-order valence-electron chi connectivity index (χ0n) is 14.6. The summed E-state index contributed by atoms with van der Waals surface area (Å²) in [5, 5.41) is 1.31. The van der Waals surface area contributed by atoms with Crippen LogP contribution in [0.4, 0.5) is 0 Å². The molecule has 0 amide bonds. The van der Waals surface area contributed by atoms with Crippen LogP contribution in [0.5, 0.6) is 11.5 Å². The van der Waals surface area contributed by atoms with E-state index < -0.39 is 0 Å². The topological polar surface area (TPSA) is 60.3 Å². The maximum Gasteiger partial charge on any atom is 0.162 e. The summed E-state index contributed by atoms with van der Waals surface area (Å²) in [7, 11) is 0. The van der Waals surface area contributed by atoms with Crippen LogP contribution in [-0.2, 0) is 6.42 Å². The maximum absolute atomic E-state index is 5.77. The van der Waals surface area contributed by atoms with Gasteiger partial charge in [-0.2, -0.15) is 0 Å². The largest absolute Gasteiger partial charge is 0.486 e. The highest BCUT2D eigenvalue weighted by molar-refractivity contribution is 5.93. The SMILES string of the molecule is Cc1cccc2c(CCCCN)c(-c3ccc4c(c3)OCCO4)[nH]c12. The molecule has 0 saturated carbocycles. The Morgan fingerprint density at radius 3 is 2.72 bits per heavy atom. The molecular weight excluding hydrogens is 312 g/mol. The highest BCUT2D eigenvalue weighted by Crippen LogP contribution is 2.38. The van der Waals surface area contributed by atoms with Crippen molar-refractivity contribution in [1.82, 2.24) is 4.98 Å². The number of aryl methyl sites for hydroxylation is 2. The second kappa shape index (κ2) is 6.81. The summed E-state index contributed by atoms with van der Waals surface area (Å²) in [6.07, 6.45) is 3.15. The molecule has 130 valence electrons. The van der Waals surface area contributed by atoms with E-state index in [0.717, 1.165) is 42.9 Å². The van der Waals surface area contributed by atoms with Crippen LogP contribution in [0, 0.1) is 6.92 Å². The summed E-state index contributed by atoms with van der Waals surface area (Å²) in [5.41, 5.74) is 11.9. The van der Waals surface area contributed by atoms with E-state index in [1.54, 1.807) is 0 Å². The molecule has 4 nitrogen and oxygen atoms in total. The molecule has 3 N–H and O–H groups in total. The van der Waals surface area contributed by atoms with Crippen molar-refractivity contribution in [2.45, 2.75) is 26.2 Å². The van der Waals surface area contributed by atoms with Crippen LogP contribution >= 0.6 is 0 Å². The molecule has 0 bridgehead atoms. The number of nitrogens with two attached hydrogens (primary N) is 1. The van der Waals surface area contributed by atoms with E-state index in [2.05, 4.69) is 42.2 Å². The summed E-state index contributed by atoms with van der Waals surface area (Å²) < 4.78 is 11.4. The van der Waals surface area contributed by atoms with Gasteiger partial charge in [0.1, 0.15) is 13.2 Å². The van der Waals surface area contributed by atoms with E-state index in [1.807, 2.05) is 6.07 Å². The summed E-state index contributed by atoms with van der Waals surface area (Å²) in [6, 6.07) is 12.7. The molecule has 25 heavy (non-hydrogen) atoms. The highest BCUT2D eigenvalue weighted by atomic mass is 16.6. The second-order valence-electron chi connectivity index (χ2n) is 6.58. The lowest BCUT2D eigenvalue weighted by atomic mass is 9.99. The number of para-hydroxylation sites is 1. The minimum atomic E-state index is 0.603. The number of ether oxygens (including phenoxy) is 2. The number of hydrogen-bond acceptors (Lipinski definition) is 3. The van der Waals surface area contributed by atoms with Gasteiger partial charge in [0, 0.05) is 22.2 Å². The van der Waals surface area contributed by atoms with Crippen LogP contribution in [-0.4, -0.2) is 24.7 Å². The van der Waals surface area contributed by atoms with E-state index >= 15 is 0 Å². The molecule has 0 unspecified atom stereocenters. The Labute approximate surface area is 147 Å². The van der Waals surface area contributed by atoms with Gasteiger partial charge < -0.3 is 20.2 Å². The van der Waals surface area contributed by atoms with Crippen molar-refractivity contribution >= 4 is 10.9 Å². The minimum Gasteiger partial charge on any atom is -0.486 e. The number of aromatic amines is 1. The van der Waals surface area contributed by atoms with Gasteiger partial charge in [0.2, 0.25) is 0 Å². The predicted molar refractivity (Wildman–Crippen MR) is 101 cm³/mol. The van der Waals surface area contributed by atoms with Gasteiger partial charge >= 0.3 is 0 Å². The molecule has 0 fully saturated rings. The van der Waals surface area contributed by atoms with Gasteiger partial charge in [0.25, 0.3) is 0 Å². The van der Waals surface area contributed by atoms with Crippen molar-refractivity contribution in [3.8, 4) is 22.8 Å². The van der Waals surface area contributed by atoms with E-state index in [0.29, 0.717) is 13.2 Å². The van der Waals surface area contributed by atoms with Crippen LogP contribution in [0.15, 0.2) is 36.4 Å². The number of fused-ring (bicyclic) bond motifs is 2. The lowest BCUT2D eigenvalue weighted by molar-refractivity contribution is 0.171. The fourth-order valence-corrected chi connectivity index (χ4v) is 3.57. The van der Waals surface area contributed by atoms with Gasteiger partial charge in [-0.25, -0.2) is 0 Å². The Kier molecular flexibility index (Phi) is 4.36. The molecule has 1 aliphatic rings. The first-order valence-electron chi connectivity index (χ1n) is 8.98. The number of H-pyrrole nitrogens is 1. The Morgan fingerprint density at radius 1 is 1.04 bits per heavy atom. The molecule has 3 aromatic rings. The van der Waals surface area contributed by atoms with E-state index in [1.165, 1.54) is 27.7 Å². The molecule has 2 aromatic carbocycles. The number of hydrogen-bond donors (Lipinski definition) is 2. The monoisotopic (exact) mass is 336 g/mol. The highest BCUT2D eigenvalue weighted by Gasteiger charge is 2.17. The van der Waals surface area contributed by atoms with Crippen LogP contribution in [0.3, 0.4) is 0 Å². The van der Waals surface area contributed by atoms with Crippen molar-refractivity contribution in [1.29, 1.82) is 0 Å². The van der Waals surface area contributed by atoms with Gasteiger partial charge in [-0.15, -0.1) is 0 Å². The van der Waals surface area contributed by atoms with Gasteiger partial charge in [0.05, 0.1) is 0 Å². The van der Waals surface area contributed by atoms with Gasteiger partial charge in [-0.05, 0) is 62.1 Å². The van der Waals surface area contributed by atoms with Crippen molar-refractivity contribution in [3.05, 3.63) is 47.5 Å². The lowest BCUT2D eigenvalue weighted by Gasteiger charge is -2.19. The average Bonchev–Trinajstić information content (AvgIpc) is 3.02. The number of nitrogens with one attached hydrogen (secondary N) is 1. The Bertz CT molecular complexity index is 898. The molecule has 2 heterocycles. The number of unbranched alkanes of at least 4 members (excludes halogenated alkanes) is 1. The van der Waals surface area contributed by atoms with Crippen molar-refractivity contribution in [3.63, 3.8) is 0 Å². The average molecular weight is 336 g/mol. The molecule has 1 aliphatic heterocycles. The van der Waals surface area contributed by atoms with Crippen LogP contribution < -0.4 is 15.2 Å². The predicted octanol–water partition coefficient (Wildman–Crippen LogP) is 4.20. The molecule has 0 saturated heterocycles. The Hall–Kier alpha value is -2.46. The summed E-state index contributed by atoms with van der Waals surface area (Å²) in [4.78, 5) is 3.65. The van der Waals surface area contributed by atoms with Gasteiger partial charge in [-0.1, -0.05) is 18.2 Å². The van der Waals surface area contributed by atoms with Crippen molar-refractivity contribution in [2.75, 3.05) is 19.8 Å². The lowest BCUT2D eigenvalue weighted by Crippen LogP contribution is -2.15. The molecule has 4 rings (SSSR count). The van der Waals surface area contributed by atoms with E-state index in [-0.39, 0.29) is 0 Å². The van der Waals surface area contributed by atoms with Gasteiger partial charge in [0.15, 0.2) is 11.5 Å². The fraction of sp³-hybridized carbons (Fsp3) is 0.333. The van der Waals surface area contributed by atoms with Crippen LogP contribution in [0.25, 0.3) is 22.2 Å². The number of benzene rings is 2. The number of aromatic nitrogens is 1. The molecule has 0 atom stereocenters. The fourth-order valence-electron chi connectivity index (χ4n) is 3.57. The van der Waals surface area contributed by atoms with Crippen molar-refractivity contribution in [2.24, 2.45) is 5.73 Å².